The quantitative estimate of drug-likeness (QED) is 0.679. The molecule has 0 unspecified atom stereocenters. The van der Waals surface area contributed by atoms with Crippen LogP contribution in [-0.2, 0) is 17.8 Å². The van der Waals surface area contributed by atoms with Gasteiger partial charge in [-0.2, -0.15) is 0 Å². The summed E-state index contributed by atoms with van der Waals surface area (Å²) in [6.45, 7) is 7.14. The van der Waals surface area contributed by atoms with Gasteiger partial charge in [0.1, 0.15) is 5.75 Å². The van der Waals surface area contributed by atoms with Crippen LogP contribution < -0.4 is 10.1 Å². The van der Waals surface area contributed by atoms with E-state index in [-0.39, 0.29) is 5.91 Å². The lowest BCUT2D eigenvalue weighted by Gasteiger charge is -2.34. The lowest BCUT2D eigenvalue weighted by atomic mass is 9.95. The molecule has 1 saturated heterocycles. The summed E-state index contributed by atoms with van der Waals surface area (Å²) in [5.41, 5.74) is 3.52. The topological polar surface area (TPSA) is 44.8 Å². The van der Waals surface area contributed by atoms with E-state index in [1.165, 1.54) is 44.0 Å². The second kappa shape index (κ2) is 11.1. The Labute approximate surface area is 181 Å². The van der Waals surface area contributed by atoms with Crippen molar-refractivity contribution in [2.75, 3.05) is 45.7 Å². The fourth-order valence-corrected chi connectivity index (χ4v) is 4.19. The predicted octanol–water partition coefficient (Wildman–Crippen LogP) is 4.04. The number of hydrogen-bond acceptors (Lipinski definition) is 4. The van der Waals surface area contributed by atoms with E-state index in [9.17, 15) is 4.79 Å². The summed E-state index contributed by atoms with van der Waals surface area (Å²) in [4.78, 5) is 16.2. The van der Waals surface area contributed by atoms with Gasteiger partial charge in [-0.05, 0) is 80.7 Å². The molecule has 162 valence electrons. The molecule has 0 aromatic heterocycles. The number of anilines is 1. The fourth-order valence-electron chi connectivity index (χ4n) is 4.19. The lowest BCUT2D eigenvalue weighted by Crippen LogP contribution is -2.38. The van der Waals surface area contributed by atoms with Crippen LogP contribution in [0, 0.1) is 5.92 Å². The second-order valence-electron chi connectivity index (χ2n) is 8.46. The van der Waals surface area contributed by atoms with E-state index in [1.807, 2.05) is 24.3 Å². The van der Waals surface area contributed by atoms with Crippen molar-refractivity contribution in [2.24, 2.45) is 5.92 Å². The van der Waals surface area contributed by atoms with Crippen LogP contribution in [0.2, 0.25) is 0 Å². The predicted molar refractivity (Wildman–Crippen MR) is 123 cm³/mol. The summed E-state index contributed by atoms with van der Waals surface area (Å²) in [6.07, 6.45) is 3.64. The highest BCUT2D eigenvalue weighted by molar-refractivity contribution is 5.88. The third-order valence-corrected chi connectivity index (χ3v) is 5.88. The van der Waals surface area contributed by atoms with E-state index in [1.54, 1.807) is 7.11 Å². The number of amides is 1. The Morgan fingerprint density at radius 3 is 2.30 bits per heavy atom. The molecule has 5 nitrogen and oxygen atoms in total. The van der Waals surface area contributed by atoms with Crippen molar-refractivity contribution in [1.29, 1.82) is 0 Å². The number of benzene rings is 2. The third kappa shape index (κ3) is 7.15. The Morgan fingerprint density at radius 1 is 1.07 bits per heavy atom. The molecule has 0 spiro atoms. The van der Waals surface area contributed by atoms with E-state index in [0.29, 0.717) is 0 Å². The summed E-state index contributed by atoms with van der Waals surface area (Å²) in [6, 6.07) is 16.6. The van der Waals surface area contributed by atoms with Crippen LogP contribution in [0.25, 0.3) is 0 Å². The molecule has 2 aromatic carbocycles. The summed E-state index contributed by atoms with van der Waals surface area (Å²) in [5, 5.41) is 2.82. The van der Waals surface area contributed by atoms with Crippen molar-refractivity contribution in [3.63, 3.8) is 0 Å². The number of methoxy groups -OCH3 is 1. The summed E-state index contributed by atoms with van der Waals surface area (Å²) < 4.78 is 5.23. The van der Waals surface area contributed by atoms with Crippen LogP contribution >= 0.6 is 0 Å². The average molecular weight is 410 g/mol. The molecule has 0 radical (unpaired) electrons. The standard InChI is InChI=1S/C25H35N3O2/c1-20(29)26-24-8-4-22(5-9-24)18-27(2)19-23-13-16-28(17-14-23)15-12-21-6-10-25(30-3)11-7-21/h4-11,23H,12-19H2,1-3H3,(H,26,29). The number of likely N-dealkylation sites (tertiary alicyclic amines) is 1. The molecule has 5 heteroatoms. The van der Waals surface area contributed by atoms with E-state index >= 15 is 0 Å². The highest BCUT2D eigenvalue weighted by Gasteiger charge is 2.20. The first-order valence-corrected chi connectivity index (χ1v) is 10.9. The number of piperidine rings is 1. The molecule has 0 aliphatic carbocycles. The Morgan fingerprint density at radius 2 is 1.70 bits per heavy atom. The van der Waals surface area contributed by atoms with Gasteiger partial charge in [0, 0.05) is 32.2 Å². The number of ether oxygens (including phenoxy) is 1. The fraction of sp³-hybridized carbons (Fsp3) is 0.480. The van der Waals surface area contributed by atoms with Crippen molar-refractivity contribution in [1.82, 2.24) is 9.80 Å². The smallest absolute Gasteiger partial charge is 0.221 e. The van der Waals surface area contributed by atoms with Gasteiger partial charge in [-0.25, -0.2) is 0 Å². The average Bonchev–Trinajstić information content (AvgIpc) is 2.74. The molecule has 1 N–H and O–H groups in total. The Hall–Kier alpha value is -2.37. The number of hydrogen-bond donors (Lipinski definition) is 1. The minimum Gasteiger partial charge on any atom is -0.497 e. The second-order valence-corrected chi connectivity index (χ2v) is 8.46. The molecule has 30 heavy (non-hydrogen) atoms. The lowest BCUT2D eigenvalue weighted by molar-refractivity contribution is -0.114. The Kier molecular flexibility index (Phi) is 8.29. The molecule has 0 saturated carbocycles. The zero-order chi connectivity index (χ0) is 21.3. The van der Waals surface area contributed by atoms with Gasteiger partial charge in [0.25, 0.3) is 0 Å². The van der Waals surface area contributed by atoms with Crippen LogP contribution in [0.3, 0.4) is 0 Å². The maximum Gasteiger partial charge on any atom is 0.221 e. The van der Waals surface area contributed by atoms with Crippen LogP contribution in [0.5, 0.6) is 5.75 Å². The zero-order valence-electron chi connectivity index (χ0n) is 18.6. The number of carbonyl (C=O) groups is 1. The van der Waals surface area contributed by atoms with Gasteiger partial charge in [0.05, 0.1) is 7.11 Å². The summed E-state index contributed by atoms with van der Waals surface area (Å²) >= 11 is 0. The van der Waals surface area contributed by atoms with Gasteiger partial charge >= 0.3 is 0 Å². The van der Waals surface area contributed by atoms with Gasteiger partial charge in [0.2, 0.25) is 5.91 Å². The molecule has 1 aliphatic heterocycles. The SMILES string of the molecule is COc1ccc(CCN2CCC(CN(C)Cc3ccc(NC(C)=O)cc3)CC2)cc1. The minimum absolute atomic E-state index is 0.0322. The molecule has 2 aromatic rings. The molecule has 1 fully saturated rings. The van der Waals surface area contributed by atoms with Gasteiger partial charge in [-0.3, -0.25) is 4.79 Å². The number of carbonyl (C=O) groups excluding carboxylic acids is 1. The first-order chi connectivity index (χ1) is 14.5. The largest absolute Gasteiger partial charge is 0.497 e. The van der Waals surface area contributed by atoms with Crippen LogP contribution in [0.1, 0.15) is 30.9 Å². The Bertz CT molecular complexity index is 781. The molecular weight excluding hydrogens is 374 g/mol. The Balaban J connectivity index is 1.35. The van der Waals surface area contributed by atoms with Gasteiger partial charge in [-0.15, -0.1) is 0 Å². The zero-order valence-corrected chi connectivity index (χ0v) is 18.6. The third-order valence-electron chi connectivity index (χ3n) is 5.88. The van der Waals surface area contributed by atoms with Crippen LogP contribution in [0.15, 0.2) is 48.5 Å². The first-order valence-electron chi connectivity index (χ1n) is 10.9. The van der Waals surface area contributed by atoms with E-state index in [4.69, 9.17) is 4.74 Å². The molecule has 3 rings (SSSR count). The summed E-state index contributed by atoms with van der Waals surface area (Å²) in [7, 11) is 3.91. The maximum absolute atomic E-state index is 11.1. The van der Waals surface area contributed by atoms with Crippen molar-refractivity contribution in [2.45, 2.75) is 32.7 Å². The van der Waals surface area contributed by atoms with Crippen molar-refractivity contribution in [3.8, 4) is 5.75 Å². The summed E-state index contributed by atoms with van der Waals surface area (Å²) in [5.74, 6) is 1.66. The van der Waals surface area contributed by atoms with Crippen LogP contribution in [0.4, 0.5) is 5.69 Å². The molecule has 1 heterocycles. The molecule has 1 amide bonds. The molecular formula is C25H35N3O2. The van der Waals surface area contributed by atoms with Crippen molar-refractivity contribution >= 4 is 11.6 Å². The van der Waals surface area contributed by atoms with Gasteiger partial charge in [0.15, 0.2) is 0 Å². The first kappa shape index (κ1) is 22.3. The number of nitrogens with one attached hydrogen (secondary N) is 1. The minimum atomic E-state index is -0.0322. The van der Waals surface area contributed by atoms with E-state index in [0.717, 1.165) is 43.4 Å². The monoisotopic (exact) mass is 409 g/mol. The van der Waals surface area contributed by atoms with Crippen LogP contribution in [-0.4, -0.2) is 56.0 Å². The van der Waals surface area contributed by atoms with E-state index in [2.05, 4.69) is 46.4 Å². The van der Waals surface area contributed by atoms with Crippen molar-refractivity contribution in [3.05, 3.63) is 59.7 Å². The van der Waals surface area contributed by atoms with Gasteiger partial charge < -0.3 is 19.9 Å². The van der Waals surface area contributed by atoms with E-state index < -0.39 is 0 Å². The highest BCUT2D eigenvalue weighted by atomic mass is 16.5. The van der Waals surface area contributed by atoms with Crippen molar-refractivity contribution < 1.29 is 9.53 Å². The number of nitrogens with zero attached hydrogens (tertiary/aromatic N) is 2. The molecule has 0 atom stereocenters. The normalized spacial score (nSPS) is 15.3. The molecule has 1 aliphatic rings. The highest BCUT2D eigenvalue weighted by Crippen LogP contribution is 2.20. The molecule has 0 bridgehead atoms. The maximum atomic E-state index is 11.1. The number of rotatable bonds is 9. The van der Waals surface area contributed by atoms with Gasteiger partial charge in [-0.1, -0.05) is 24.3 Å².